The van der Waals surface area contributed by atoms with Crippen molar-refractivity contribution in [2.24, 2.45) is 11.8 Å². The number of hydrogen-bond donors (Lipinski definition) is 0. The van der Waals surface area contributed by atoms with Crippen molar-refractivity contribution in [2.45, 2.75) is 13.3 Å². The van der Waals surface area contributed by atoms with E-state index in [4.69, 9.17) is 0 Å². The number of ketones is 2. The van der Waals surface area contributed by atoms with Crippen LogP contribution in [0.3, 0.4) is 0 Å². The molecule has 0 heterocycles. The van der Waals surface area contributed by atoms with E-state index in [9.17, 15) is 9.59 Å². The van der Waals surface area contributed by atoms with E-state index in [0.29, 0.717) is 16.7 Å². The molecular weight excluding hydrogens is 224 g/mol. The molecular formula is C16H14O2. The van der Waals surface area contributed by atoms with Gasteiger partial charge < -0.3 is 0 Å². The molecule has 18 heavy (non-hydrogen) atoms. The number of carbonyl (C=O) groups excluding carboxylic acids is 2. The van der Waals surface area contributed by atoms with E-state index >= 15 is 0 Å². The summed E-state index contributed by atoms with van der Waals surface area (Å²) in [5.74, 6) is -0.0251. The lowest BCUT2D eigenvalue weighted by Crippen LogP contribution is -2.35. The van der Waals surface area contributed by atoms with Crippen molar-refractivity contribution in [1.82, 2.24) is 0 Å². The van der Waals surface area contributed by atoms with Gasteiger partial charge in [-0.2, -0.15) is 0 Å². The molecule has 0 aromatic heterocycles. The van der Waals surface area contributed by atoms with Crippen LogP contribution in [-0.2, 0) is 0 Å². The second kappa shape index (κ2) is 4.05. The smallest absolute Gasteiger partial charge is 0.190 e. The molecule has 0 fully saturated rings. The van der Waals surface area contributed by atoms with E-state index in [-0.39, 0.29) is 23.4 Å². The second-order valence-corrected chi connectivity index (χ2v) is 4.80. The number of benzene rings is 1. The van der Waals surface area contributed by atoms with Crippen LogP contribution in [0, 0.1) is 11.8 Å². The van der Waals surface area contributed by atoms with Crippen molar-refractivity contribution in [3.63, 3.8) is 0 Å². The zero-order chi connectivity index (χ0) is 12.7. The predicted molar refractivity (Wildman–Crippen MR) is 69.6 cm³/mol. The highest BCUT2D eigenvalue weighted by Gasteiger charge is 2.40. The normalized spacial score (nSPS) is 25.5. The molecule has 0 amide bonds. The van der Waals surface area contributed by atoms with Crippen LogP contribution in [0.1, 0.15) is 34.1 Å². The maximum atomic E-state index is 12.5. The summed E-state index contributed by atoms with van der Waals surface area (Å²) in [7, 11) is 0. The van der Waals surface area contributed by atoms with Crippen molar-refractivity contribution in [3.05, 3.63) is 59.2 Å². The van der Waals surface area contributed by atoms with E-state index in [0.717, 1.165) is 6.42 Å². The van der Waals surface area contributed by atoms with Crippen LogP contribution >= 0.6 is 0 Å². The fourth-order valence-corrected chi connectivity index (χ4v) is 2.89. The Morgan fingerprint density at radius 3 is 2.56 bits per heavy atom. The average Bonchev–Trinajstić information content (AvgIpc) is 2.44. The van der Waals surface area contributed by atoms with Crippen molar-refractivity contribution < 1.29 is 9.59 Å². The van der Waals surface area contributed by atoms with E-state index < -0.39 is 0 Å². The maximum Gasteiger partial charge on any atom is 0.190 e. The number of rotatable bonds is 1. The van der Waals surface area contributed by atoms with Gasteiger partial charge in [0.2, 0.25) is 0 Å². The molecule has 0 radical (unpaired) electrons. The number of Topliss-reactive ketones (excluding diaryl/α,β-unsaturated/α-hetero) is 2. The topological polar surface area (TPSA) is 34.1 Å². The first-order chi connectivity index (χ1) is 8.74. The zero-order valence-electron chi connectivity index (χ0n) is 10.2. The molecule has 2 nitrogen and oxygen atoms in total. The number of allylic oxidation sites excluding steroid dienone is 4. The van der Waals surface area contributed by atoms with E-state index in [1.807, 2.05) is 18.2 Å². The number of fused-ring (bicyclic) bond motifs is 2. The maximum absolute atomic E-state index is 12.5. The van der Waals surface area contributed by atoms with Gasteiger partial charge in [-0.15, -0.1) is 0 Å². The zero-order valence-corrected chi connectivity index (χ0v) is 10.2. The molecule has 2 aliphatic rings. The van der Waals surface area contributed by atoms with Gasteiger partial charge in [0, 0.05) is 16.7 Å². The van der Waals surface area contributed by atoms with Crippen molar-refractivity contribution in [1.29, 1.82) is 0 Å². The first-order valence-electron chi connectivity index (χ1n) is 6.30. The Kier molecular flexibility index (Phi) is 2.51. The summed E-state index contributed by atoms with van der Waals surface area (Å²) in [6.45, 7) is 2.05. The summed E-state index contributed by atoms with van der Waals surface area (Å²) < 4.78 is 0. The molecule has 1 aromatic carbocycles. The summed E-state index contributed by atoms with van der Waals surface area (Å²) in [6.07, 6.45) is 6.61. The van der Waals surface area contributed by atoms with Gasteiger partial charge in [0.1, 0.15) is 0 Å². The fraction of sp³-hybridized carbons (Fsp3) is 0.250. The standard InChI is InChI=1S/C16H14O2/c1-2-10-6-5-9-13-14(10)16(18)12-8-4-3-7-11(12)15(13)17/h3-10,14H,2H2,1H3. The Morgan fingerprint density at radius 1 is 1.11 bits per heavy atom. The monoisotopic (exact) mass is 238 g/mol. The molecule has 0 bridgehead atoms. The highest BCUT2D eigenvalue weighted by molar-refractivity contribution is 6.23. The Labute approximate surface area is 106 Å². The summed E-state index contributed by atoms with van der Waals surface area (Å²) in [6, 6.07) is 7.13. The minimum absolute atomic E-state index is 0.0120. The lowest BCUT2D eigenvalue weighted by atomic mass is 9.69. The van der Waals surface area contributed by atoms with Crippen molar-refractivity contribution >= 4 is 11.6 Å². The van der Waals surface area contributed by atoms with E-state index in [1.165, 1.54) is 0 Å². The molecule has 2 heteroatoms. The average molecular weight is 238 g/mol. The Bertz CT molecular complexity index is 593. The molecule has 0 N–H and O–H groups in total. The first-order valence-corrected chi connectivity index (χ1v) is 6.30. The highest BCUT2D eigenvalue weighted by Crippen LogP contribution is 2.38. The van der Waals surface area contributed by atoms with Crippen LogP contribution in [0.2, 0.25) is 0 Å². The van der Waals surface area contributed by atoms with Gasteiger partial charge in [-0.25, -0.2) is 0 Å². The lowest BCUT2D eigenvalue weighted by molar-refractivity contribution is 0.0854. The molecule has 2 atom stereocenters. The molecule has 90 valence electrons. The first kappa shape index (κ1) is 11.1. The third-order valence-corrected chi connectivity index (χ3v) is 3.85. The van der Waals surface area contributed by atoms with Crippen molar-refractivity contribution in [3.8, 4) is 0 Å². The van der Waals surface area contributed by atoms with Gasteiger partial charge in [-0.3, -0.25) is 9.59 Å². The third kappa shape index (κ3) is 1.42. The van der Waals surface area contributed by atoms with Crippen LogP contribution in [-0.4, -0.2) is 11.6 Å². The second-order valence-electron chi connectivity index (χ2n) is 4.80. The van der Waals surface area contributed by atoms with Gasteiger partial charge >= 0.3 is 0 Å². The molecule has 3 rings (SSSR count). The minimum Gasteiger partial charge on any atom is -0.293 e. The Hall–Kier alpha value is -1.96. The Balaban J connectivity index is 2.20. The Morgan fingerprint density at radius 2 is 1.83 bits per heavy atom. The SMILES string of the molecule is CCC1C=CC=C2C(=O)c3ccccc3C(=O)C21. The molecule has 0 spiro atoms. The summed E-state index contributed by atoms with van der Waals surface area (Å²) in [5.41, 5.74) is 1.79. The predicted octanol–water partition coefficient (Wildman–Crippen LogP) is 3.20. The van der Waals surface area contributed by atoms with Gasteiger partial charge in [-0.1, -0.05) is 49.4 Å². The van der Waals surface area contributed by atoms with Crippen LogP contribution in [0.5, 0.6) is 0 Å². The van der Waals surface area contributed by atoms with Crippen LogP contribution in [0.4, 0.5) is 0 Å². The van der Waals surface area contributed by atoms with E-state index in [2.05, 4.69) is 6.92 Å². The number of carbonyl (C=O) groups is 2. The molecule has 1 aromatic rings. The van der Waals surface area contributed by atoms with Gasteiger partial charge in [0.25, 0.3) is 0 Å². The summed E-state index contributed by atoms with van der Waals surface area (Å²) in [5, 5.41) is 0. The van der Waals surface area contributed by atoms with Gasteiger partial charge in [0.05, 0.1) is 5.92 Å². The quantitative estimate of drug-likeness (QED) is 0.753. The minimum atomic E-state index is -0.276. The van der Waals surface area contributed by atoms with Crippen LogP contribution in [0.15, 0.2) is 48.1 Å². The molecule has 2 aliphatic carbocycles. The molecule has 0 saturated heterocycles. The third-order valence-electron chi connectivity index (χ3n) is 3.85. The largest absolute Gasteiger partial charge is 0.293 e. The number of hydrogen-bond acceptors (Lipinski definition) is 2. The van der Waals surface area contributed by atoms with Crippen LogP contribution in [0.25, 0.3) is 0 Å². The molecule has 0 saturated carbocycles. The van der Waals surface area contributed by atoms with Gasteiger partial charge in [-0.05, 0) is 12.3 Å². The fourth-order valence-electron chi connectivity index (χ4n) is 2.89. The molecule has 2 unspecified atom stereocenters. The summed E-state index contributed by atoms with van der Waals surface area (Å²) >= 11 is 0. The van der Waals surface area contributed by atoms with Crippen LogP contribution < -0.4 is 0 Å². The summed E-state index contributed by atoms with van der Waals surface area (Å²) in [4.78, 5) is 24.9. The van der Waals surface area contributed by atoms with Gasteiger partial charge in [0.15, 0.2) is 11.6 Å². The molecule has 0 aliphatic heterocycles. The van der Waals surface area contributed by atoms with E-state index in [1.54, 1.807) is 24.3 Å². The van der Waals surface area contributed by atoms with Crippen molar-refractivity contribution in [2.75, 3.05) is 0 Å². The highest BCUT2D eigenvalue weighted by atomic mass is 16.1. The lowest BCUT2D eigenvalue weighted by Gasteiger charge is -2.31.